The van der Waals surface area contributed by atoms with Crippen LogP contribution in [0.25, 0.3) is 0 Å². The fraction of sp³-hybridized carbons (Fsp3) is 0.875. The summed E-state index contributed by atoms with van der Waals surface area (Å²) in [6.07, 6.45) is 5.80. The Bertz CT molecular complexity index is 139. The first-order chi connectivity index (χ1) is 4.83. The van der Waals surface area contributed by atoms with Crippen molar-refractivity contribution >= 4 is 15.9 Å². The van der Waals surface area contributed by atoms with Crippen LogP contribution in [0.1, 0.15) is 32.1 Å². The molecule has 2 heteroatoms. The maximum Gasteiger partial charge on any atom is 0.0624 e. The highest BCUT2D eigenvalue weighted by Gasteiger charge is 2.18. The van der Waals surface area contributed by atoms with E-state index in [1.54, 1.807) is 0 Å². The van der Waals surface area contributed by atoms with Gasteiger partial charge >= 0.3 is 0 Å². The number of nitrogens with zero attached hydrogens (tertiary/aromatic N) is 1. The minimum atomic E-state index is 0.670. The zero-order valence-electron chi connectivity index (χ0n) is 6.02. The molecule has 0 bridgehead atoms. The van der Waals surface area contributed by atoms with E-state index < -0.39 is 0 Å². The van der Waals surface area contributed by atoms with Crippen LogP contribution in [0, 0.1) is 17.2 Å². The van der Waals surface area contributed by atoms with E-state index in [4.69, 9.17) is 5.26 Å². The molecule has 0 N–H and O–H groups in total. The molecule has 0 radical (unpaired) electrons. The van der Waals surface area contributed by atoms with Crippen LogP contribution in [0.2, 0.25) is 0 Å². The first-order valence-electron chi connectivity index (χ1n) is 3.84. The SMILES string of the molecule is N#CCC1CCCC(Br)C1. The van der Waals surface area contributed by atoms with E-state index in [0.717, 1.165) is 6.42 Å². The van der Waals surface area contributed by atoms with Gasteiger partial charge in [-0.05, 0) is 25.2 Å². The first kappa shape index (κ1) is 8.07. The van der Waals surface area contributed by atoms with Crippen LogP contribution in [0.3, 0.4) is 0 Å². The second kappa shape index (κ2) is 3.98. The van der Waals surface area contributed by atoms with E-state index in [9.17, 15) is 0 Å². The zero-order chi connectivity index (χ0) is 7.40. The van der Waals surface area contributed by atoms with E-state index in [1.807, 2.05) is 0 Å². The third-order valence-electron chi connectivity index (χ3n) is 2.10. The van der Waals surface area contributed by atoms with Crippen LogP contribution in [0.4, 0.5) is 0 Å². The summed E-state index contributed by atoms with van der Waals surface area (Å²) in [6.45, 7) is 0. The molecule has 1 saturated carbocycles. The fourth-order valence-electron chi connectivity index (χ4n) is 1.54. The van der Waals surface area contributed by atoms with Gasteiger partial charge in [-0.25, -0.2) is 0 Å². The Kier molecular flexibility index (Phi) is 3.21. The van der Waals surface area contributed by atoms with Gasteiger partial charge in [-0.1, -0.05) is 22.4 Å². The molecule has 0 spiro atoms. The number of hydrogen-bond acceptors (Lipinski definition) is 1. The summed E-state index contributed by atoms with van der Waals surface area (Å²) in [5.41, 5.74) is 0. The molecule has 2 atom stereocenters. The number of halogens is 1. The standard InChI is InChI=1S/C8H12BrN/c9-8-3-1-2-7(6-8)4-5-10/h7-8H,1-4,6H2. The van der Waals surface area contributed by atoms with Crippen molar-refractivity contribution in [2.24, 2.45) is 5.92 Å². The number of nitriles is 1. The summed E-state index contributed by atoms with van der Waals surface area (Å²) in [7, 11) is 0. The Morgan fingerprint density at radius 3 is 2.90 bits per heavy atom. The zero-order valence-corrected chi connectivity index (χ0v) is 7.60. The molecule has 1 aliphatic carbocycles. The molecule has 0 aromatic carbocycles. The van der Waals surface area contributed by atoms with E-state index >= 15 is 0 Å². The summed E-state index contributed by atoms with van der Waals surface area (Å²) in [5, 5.41) is 8.44. The highest BCUT2D eigenvalue weighted by atomic mass is 79.9. The molecule has 0 aromatic heterocycles. The predicted molar refractivity (Wildman–Crippen MR) is 44.9 cm³/mol. The highest BCUT2D eigenvalue weighted by molar-refractivity contribution is 9.09. The number of alkyl halides is 1. The monoisotopic (exact) mass is 201 g/mol. The molecule has 56 valence electrons. The summed E-state index contributed by atoms with van der Waals surface area (Å²) in [6, 6.07) is 2.24. The van der Waals surface area contributed by atoms with Crippen molar-refractivity contribution in [2.75, 3.05) is 0 Å². The molecule has 0 aromatic rings. The van der Waals surface area contributed by atoms with Crippen LogP contribution in [0.5, 0.6) is 0 Å². The van der Waals surface area contributed by atoms with Crippen molar-refractivity contribution in [3.05, 3.63) is 0 Å². The van der Waals surface area contributed by atoms with Crippen LogP contribution in [-0.2, 0) is 0 Å². The molecule has 1 aliphatic rings. The van der Waals surface area contributed by atoms with Gasteiger partial charge in [0.2, 0.25) is 0 Å². The molecule has 0 heterocycles. The average molecular weight is 202 g/mol. The second-order valence-corrected chi connectivity index (χ2v) is 4.29. The van der Waals surface area contributed by atoms with Gasteiger partial charge in [0.1, 0.15) is 0 Å². The lowest BCUT2D eigenvalue weighted by atomic mass is 9.87. The fourth-order valence-corrected chi connectivity index (χ4v) is 2.39. The third kappa shape index (κ3) is 2.30. The van der Waals surface area contributed by atoms with Crippen LogP contribution < -0.4 is 0 Å². The molecule has 1 fully saturated rings. The molecule has 0 amide bonds. The van der Waals surface area contributed by atoms with Gasteiger partial charge in [-0.3, -0.25) is 0 Å². The lowest BCUT2D eigenvalue weighted by Gasteiger charge is -2.23. The van der Waals surface area contributed by atoms with Crippen molar-refractivity contribution in [3.63, 3.8) is 0 Å². The number of hydrogen-bond donors (Lipinski definition) is 0. The molecular formula is C8H12BrN. The van der Waals surface area contributed by atoms with Gasteiger partial charge in [-0.2, -0.15) is 5.26 Å². The van der Waals surface area contributed by atoms with Crippen LogP contribution in [0.15, 0.2) is 0 Å². The lowest BCUT2D eigenvalue weighted by molar-refractivity contribution is 0.375. The van der Waals surface area contributed by atoms with Gasteiger partial charge in [-0.15, -0.1) is 0 Å². The highest BCUT2D eigenvalue weighted by Crippen LogP contribution is 2.30. The quantitative estimate of drug-likeness (QED) is 0.599. The maximum absolute atomic E-state index is 8.44. The topological polar surface area (TPSA) is 23.8 Å². The normalized spacial score (nSPS) is 33.2. The van der Waals surface area contributed by atoms with Crippen molar-refractivity contribution in [2.45, 2.75) is 36.9 Å². The van der Waals surface area contributed by atoms with Crippen molar-refractivity contribution in [3.8, 4) is 6.07 Å². The van der Waals surface area contributed by atoms with Crippen LogP contribution >= 0.6 is 15.9 Å². The maximum atomic E-state index is 8.44. The molecular weight excluding hydrogens is 190 g/mol. The summed E-state index contributed by atoms with van der Waals surface area (Å²) in [5.74, 6) is 0.670. The summed E-state index contributed by atoms with van der Waals surface area (Å²) >= 11 is 3.59. The Hall–Kier alpha value is -0.0300. The predicted octanol–water partition coefficient (Wildman–Crippen LogP) is 2.85. The Morgan fingerprint density at radius 1 is 1.50 bits per heavy atom. The smallest absolute Gasteiger partial charge is 0.0624 e. The van der Waals surface area contributed by atoms with Gasteiger partial charge in [0, 0.05) is 11.2 Å². The van der Waals surface area contributed by atoms with Gasteiger partial charge < -0.3 is 0 Å². The summed E-state index contributed by atoms with van der Waals surface area (Å²) in [4.78, 5) is 0.680. The van der Waals surface area contributed by atoms with Crippen molar-refractivity contribution < 1.29 is 0 Å². The van der Waals surface area contributed by atoms with E-state index in [0.29, 0.717) is 10.7 Å². The van der Waals surface area contributed by atoms with E-state index in [1.165, 1.54) is 25.7 Å². The van der Waals surface area contributed by atoms with E-state index in [2.05, 4.69) is 22.0 Å². The molecule has 0 saturated heterocycles. The third-order valence-corrected chi connectivity index (χ3v) is 2.93. The number of rotatable bonds is 1. The van der Waals surface area contributed by atoms with E-state index in [-0.39, 0.29) is 0 Å². The minimum absolute atomic E-state index is 0.670. The van der Waals surface area contributed by atoms with Crippen LogP contribution in [-0.4, -0.2) is 4.83 Å². The molecule has 1 rings (SSSR count). The Balaban J connectivity index is 2.27. The van der Waals surface area contributed by atoms with Gasteiger partial charge in [0.05, 0.1) is 6.07 Å². The van der Waals surface area contributed by atoms with Gasteiger partial charge in [0.25, 0.3) is 0 Å². The largest absolute Gasteiger partial charge is 0.198 e. The summed E-state index contributed by atoms with van der Waals surface area (Å²) < 4.78 is 0. The molecule has 2 unspecified atom stereocenters. The Labute approximate surface area is 70.5 Å². The average Bonchev–Trinajstić information content (AvgIpc) is 1.88. The van der Waals surface area contributed by atoms with Crippen molar-refractivity contribution in [1.82, 2.24) is 0 Å². The molecule has 10 heavy (non-hydrogen) atoms. The second-order valence-electron chi connectivity index (χ2n) is 2.99. The lowest BCUT2D eigenvalue weighted by Crippen LogP contribution is -2.14. The van der Waals surface area contributed by atoms with Gasteiger partial charge in [0.15, 0.2) is 0 Å². The molecule has 1 nitrogen and oxygen atoms in total. The molecule has 0 aliphatic heterocycles. The van der Waals surface area contributed by atoms with Crippen molar-refractivity contribution in [1.29, 1.82) is 5.26 Å². The minimum Gasteiger partial charge on any atom is -0.198 e. The first-order valence-corrected chi connectivity index (χ1v) is 4.75. The Morgan fingerprint density at radius 2 is 2.30 bits per heavy atom.